The first-order chi connectivity index (χ1) is 18.0. The van der Waals surface area contributed by atoms with Crippen molar-refractivity contribution in [2.45, 2.75) is 90.8 Å². The van der Waals surface area contributed by atoms with Crippen LogP contribution < -0.4 is 5.32 Å². The molecule has 39 heavy (non-hydrogen) atoms. The molecule has 2 atom stereocenters. The predicted octanol–water partition coefficient (Wildman–Crippen LogP) is 3.27. The van der Waals surface area contributed by atoms with Gasteiger partial charge in [0, 0.05) is 62.3 Å². The normalized spacial score (nSPS) is 20.9. The van der Waals surface area contributed by atoms with Crippen LogP contribution in [0.1, 0.15) is 73.6 Å². The molecule has 1 heterocycles. The van der Waals surface area contributed by atoms with E-state index < -0.39 is 23.3 Å². The highest BCUT2D eigenvalue weighted by Gasteiger charge is 2.41. The van der Waals surface area contributed by atoms with E-state index in [4.69, 9.17) is 4.74 Å². The Labute approximate surface area is 232 Å². The molecule has 0 spiro atoms. The van der Waals surface area contributed by atoms with Crippen LogP contribution >= 0.6 is 0 Å². The van der Waals surface area contributed by atoms with E-state index >= 15 is 0 Å². The SMILES string of the molecule is CC(C)C(=O)N(C)CCN(C)C(=O)OC1/C=C/CCC(C(=O)NC(C)(C)CC(C)(C)N2C(=O)C=CC2=O)CC1. The molecule has 0 fully saturated rings. The quantitative estimate of drug-likeness (QED) is 0.332. The molecule has 10 nitrogen and oxygen atoms in total. The first-order valence-electron chi connectivity index (χ1n) is 13.8. The molecule has 1 aliphatic heterocycles. The molecule has 0 aromatic carbocycles. The Morgan fingerprint density at radius 2 is 1.59 bits per heavy atom. The molecule has 0 aromatic heterocycles. The van der Waals surface area contributed by atoms with E-state index in [9.17, 15) is 24.0 Å². The van der Waals surface area contributed by atoms with Crippen molar-refractivity contribution in [1.29, 1.82) is 0 Å². The minimum absolute atomic E-state index is 0.0193. The molecule has 10 heteroatoms. The summed E-state index contributed by atoms with van der Waals surface area (Å²) in [7, 11) is 3.36. The molecule has 2 rings (SSSR count). The summed E-state index contributed by atoms with van der Waals surface area (Å²) in [5.41, 5.74) is -1.44. The smallest absolute Gasteiger partial charge is 0.410 e. The molecule has 2 unspecified atom stereocenters. The maximum absolute atomic E-state index is 13.3. The van der Waals surface area contributed by atoms with Gasteiger partial charge in [0.05, 0.1) is 0 Å². The van der Waals surface area contributed by atoms with Crippen LogP contribution in [0.5, 0.6) is 0 Å². The van der Waals surface area contributed by atoms with Crippen molar-refractivity contribution >= 4 is 29.7 Å². The Morgan fingerprint density at radius 1 is 1.00 bits per heavy atom. The second kappa shape index (κ2) is 13.3. The van der Waals surface area contributed by atoms with Crippen molar-refractivity contribution < 1.29 is 28.7 Å². The molecule has 5 amide bonds. The van der Waals surface area contributed by atoms with Gasteiger partial charge < -0.3 is 19.9 Å². The number of nitrogens with one attached hydrogen (secondary N) is 1. The Morgan fingerprint density at radius 3 is 2.18 bits per heavy atom. The Bertz CT molecular complexity index is 982. The van der Waals surface area contributed by atoms with Crippen LogP contribution in [0.15, 0.2) is 24.3 Å². The van der Waals surface area contributed by atoms with Crippen LogP contribution in [-0.4, -0.2) is 88.8 Å². The van der Waals surface area contributed by atoms with Crippen LogP contribution in [0.25, 0.3) is 0 Å². The summed E-state index contributed by atoms with van der Waals surface area (Å²) in [6, 6.07) is 0. The maximum Gasteiger partial charge on any atom is 0.410 e. The molecular formula is C29H46N4O6. The van der Waals surface area contributed by atoms with E-state index in [0.29, 0.717) is 45.2 Å². The number of carbonyl (C=O) groups excluding carboxylic acids is 5. The number of imide groups is 1. The molecule has 1 aliphatic carbocycles. The van der Waals surface area contributed by atoms with Gasteiger partial charge in [0.25, 0.3) is 11.8 Å². The minimum atomic E-state index is -0.777. The lowest BCUT2D eigenvalue weighted by Crippen LogP contribution is -2.56. The van der Waals surface area contributed by atoms with Crippen molar-refractivity contribution in [3.8, 4) is 0 Å². The van der Waals surface area contributed by atoms with Gasteiger partial charge in [0.2, 0.25) is 11.8 Å². The first-order valence-corrected chi connectivity index (χ1v) is 13.8. The number of allylic oxidation sites excluding steroid dienone is 1. The number of nitrogens with zero attached hydrogens (tertiary/aromatic N) is 3. The molecule has 2 aliphatic rings. The van der Waals surface area contributed by atoms with E-state index in [0.717, 1.165) is 0 Å². The highest BCUT2D eigenvalue weighted by atomic mass is 16.6. The third-order valence-corrected chi connectivity index (χ3v) is 7.16. The van der Waals surface area contributed by atoms with Gasteiger partial charge >= 0.3 is 6.09 Å². The van der Waals surface area contributed by atoms with Crippen LogP contribution in [0.2, 0.25) is 0 Å². The average molecular weight is 547 g/mol. The highest BCUT2D eigenvalue weighted by molar-refractivity contribution is 6.13. The van der Waals surface area contributed by atoms with E-state index in [1.54, 1.807) is 19.0 Å². The standard InChI is InChI=1S/C29H46N4O6/c1-20(2)26(37)31(7)17-18-32(8)27(38)39-22-12-10-9-11-21(13-14-22)25(36)30-28(3,4)19-29(5,6)33-23(34)15-16-24(33)35/h10,12,15-16,20-22H,9,11,13-14,17-19H2,1-8H3,(H,30,36)/b12-10+. The number of carbonyl (C=O) groups is 5. The molecule has 0 radical (unpaired) electrons. The van der Waals surface area contributed by atoms with Gasteiger partial charge in [0.1, 0.15) is 6.10 Å². The van der Waals surface area contributed by atoms with Crippen LogP contribution in [0, 0.1) is 11.8 Å². The second-order valence-electron chi connectivity index (χ2n) is 12.2. The fraction of sp³-hybridized carbons (Fsp3) is 0.690. The van der Waals surface area contributed by atoms with Crippen molar-refractivity contribution in [3.63, 3.8) is 0 Å². The lowest BCUT2D eigenvalue weighted by Gasteiger charge is -2.41. The fourth-order valence-electron chi connectivity index (χ4n) is 5.31. The zero-order valence-electron chi connectivity index (χ0n) is 24.8. The van der Waals surface area contributed by atoms with Crippen molar-refractivity contribution in [2.24, 2.45) is 11.8 Å². The summed E-state index contributed by atoms with van der Waals surface area (Å²) in [4.78, 5) is 66.6. The summed E-state index contributed by atoms with van der Waals surface area (Å²) in [5, 5.41) is 3.12. The van der Waals surface area contributed by atoms with Crippen LogP contribution in [0.3, 0.4) is 0 Å². The van der Waals surface area contributed by atoms with Crippen molar-refractivity contribution in [2.75, 3.05) is 27.2 Å². The van der Waals surface area contributed by atoms with Gasteiger partial charge in [-0.3, -0.25) is 24.1 Å². The zero-order chi connectivity index (χ0) is 29.5. The van der Waals surface area contributed by atoms with E-state index in [1.165, 1.54) is 22.0 Å². The molecule has 0 aromatic rings. The summed E-state index contributed by atoms with van der Waals surface area (Å²) < 4.78 is 5.69. The fourth-order valence-corrected chi connectivity index (χ4v) is 5.31. The monoisotopic (exact) mass is 546 g/mol. The minimum Gasteiger partial charge on any atom is -0.442 e. The summed E-state index contributed by atoms with van der Waals surface area (Å²) >= 11 is 0. The van der Waals surface area contributed by atoms with Gasteiger partial charge in [-0.1, -0.05) is 19.9 Å². The number of likely N-dealkylation sites (N-methyl/N-ethyl adjacent to an activating group) is 2. The van der Waals surface area contributed by atoms with Crippen LogP contribution in [-0.2, 0) is 23.9 Å². The number of ether oxygens (including phenoxy) is 1. The second-order valence-corrected chi connectivity index (χ2v) is 12.2. The predicted molar refractivity (Wildman–Crippen MR) is 148 cm³/mol. The first kappa shape index (κ1) is 32.0. The molecule has 0 saturated heterocycles. The largest absolute Gasteiger partial charge is 0.442 e. The number of hydrogen-bond donors (Lipinski definition) is 1. The Kier molecular flexibility index (Phi) is 10.9. The molecule has 1 N–H and O–H groups in total. The number of rotatable bonds is 10. The van der Waals surface area contributed by atoms with Gasteiger partial charge in [0.15, 0.2) is 0 Å². The molecule has 0 bridgehead atoms. The van der Waals surface area contributed by atoms with E-state index in [2.05, 4.69) is 5.32 Å². The van der Waals surface area contributed by atoms with Gasteiger partial charge in [-0.15, -0.1) is 0 Å². The molecular weight excluding hydrogens is 500 g/mol. The van der Waals surface area contributed by atoms with E-state index in [-0.39, 0.29) is 35.5 Å². The third-order valence-electron chi connectivity index (χ3n) is 7.16. The summed E-state index contributed by atoms with van der Waals surface area (Å²) in [5.74, 6) is -1.13. The summed E-state index contributed by atoms with van der Waals surface area (Å²) in [6.07, 6.45) is 8.24. The lowest BCUT2D eigenvalue weighted by atomic mass is 9.84. The van der Waals surface area contributed by atoms with Gasteiger partial charge in [-0.05, 0) is 65.9 Å². The topological polar surface area (TPSA) is 116 Å². The Hall–Kier alpha value is -3.17. The Balaban J connectivity index is 1.90. The number of hydrogen-bond acceptors (Lipinski definition) is 6. The lowest BCUT2D eigenvalue weighted by molar-refractivity contribution is -0.143. The zero-order valence-corrected chi connectivity index (χ0v) is 24.8. The average Bonchev–Trinajstić information content (AvgIpc) is 3.15. The third kappa shape index (κ3) is 9.21. The molecule has 218 valence electrons. The summed E-state index contributed by atoms with van der Waals surface area (Å²) in [6.45, 7) is 11.9. The van der Waals surface area contributed by atoms with Crippen LogP contribution in [0.4, 0.5) is 4.79 Å². The van der Waals surface area contributed by atoms with Gasteiger partial charge in [-0.25, -0.2) is 4.79 Å². The number of amides is 5. The van der Waals surface area contributed by atoms with Crippen molar-refractivity contribution in [1.82, 2.24) is 20.0 Å². The maximum atomic E-state index is 13.3. The van der Waals surface area contributed by atoms with Gasteiger partial charge in [-0.2, -0.15) is 0 Å². The van der Waals surface area contributed by atoms with E-state index in [1.807, 2.05) is 53.7 Å². The van der Waals surface area contributed by atoms with Crippen molar-refractivity contribution in [3.05, 3.63) is 24.3 Å². The molecule has 0 saturated carbocycles. The highest BCUT2D eigenvalue weighted by Crippen LogP contribution is 2.30.